The summed E-state index contributed by atoms with van der Waals surface area (Å²) in [6.45, 7) is 1.73. The molecule has 3 N–H and O–H groups in total. The minimum atomic E-state index is -0.859. The number of aromatic nitrogens is 2. The van der Waals surface area contributed by atoms with Crippen molar-refractivity contribution < 1.29 is 8.78 Å². The highest BCUT2D eigenvalue weighted by atomic mass is 19.2. The van der Waals surface area contributed by atoms with E-state index in [1.54, 1.807) is 0 Å². The normalized spacial score (nSPS) is 16.6. The van der Waals surface area contributed by atoms with Gasteiger partial charge in [-0.25, -0.2) is 8.78 Å². The van der Waals surface area contributed by atoms with E-state index in [1.807, 2.05) is 6.07 Å². The highest BCUT2D eigenvalue weighted by Gasteiger charge is 2.18. The van der Waals surface area contributed by atoms with Gasteiger partial charge in [0.05, 0.1) is 5.69 Å². The monoisotopic (exact) mass is 278 g/mol. The second-order valence-corrected chi connectivity index (χ2v) is 5.09. The van der Waals surface area contributed by atoms with Crippen molar-refractivity contribution in [2.75, 3.05) is 18.0 Å². The number of aromatic amines is 1. The molecule has 0 atom stereocenters. The van der Waals surface area contributed by atoms with Crippen LogP contribution in [0.3, 0.4) is 0 Å². The van der Waals surface area contributed by atoms with E-state index < -0.39 is 11.6 Å². The summed E-state index contributed by atoms with van der Waals surface area (Å²) in [6, 6.07) is 5.92. The number of rotatable bonds is 2. The standard InChI is InChI=1S/C14H16F2N4/c15-11-2-1-9(7-12(11)16)13-8-14(19-18-13)20-5-3-10(17)4-6-20/h1-2,7-8,10H,3-6,17H2,(H,18,19). The van der Waals surface area contributed by atoms with Crippen LogP contribution in [-0.2, 0) is 0 Å². The molecular weight excluding hydrogens is 262 g/mol. The van der Waals surface area contributed by atoms with Crippen molar-refractivity contribution in [3.05, 3.63) is 35.9 Å². The molecule has 1 saturated heterocycles. The summed E-state index contributed by atoms with van der Waals surface area (Å²) in [7, 11) is 0. The van der Waals surface area contributed by atoms with Gasteiger partial charge in [-0.1, -0.05) is 0 Å². The number of hydrogen-bond acceptors (Lipinski definition) is 3. The van der Waals surface area contributed by atoms with Crippen LogP contribution in [0.15, 0.2) is 24.3 Å². The van der Waals surface area contributed by atoms with Crippen LogP contribution in [-0.4, -0.2) is 29.3 Å². The van der Waals surface area contributed by atoms with Crippen molar-refractivity contribution in [3.8, 4) is 11.3 Å². The molecule has 2 aromatic rings. The Morgan fingerprint density at radius 2 is 1.90 bits per heavy atom. The third-order valence-corrected chi connectivity index (χ3v) is 3.66. The second kappa shape index (κ2) is 5.20. The number of anilines is 1. The zero-order valence-electron chi connectivity index (χ0n) is 10.9. The molecule has 1 aromatic heterocycles. The van der Waals surface area contributed by atoms with Gasteiger partial charge in [-0.05, 0) is 31.0 Å². The number of H-pyrrole nitrogens is 1. The van der Waals surface area contributed by atoms with Crippen molar-refractivity contribution in [1.82, 2.24) is 10.2 Å². The first-order chi connectivity index (χ1) is 9.63. The molecule has 1 aliphatic rings. The minimum absolute atomic E-state index is 0.260. The number of nitrogens with zero attached hydrogens (tertiary/aromatic N) is 2. The number of piperidine rings is 1. The lowest BCUT2D eigenvalue weighted by Gasteiger charge is -2.29. The van der Waals surface area contributed by atoms with Crippen molar-refractivity contribution in [2.24, 2.45) is 5.73 Å². The Labute approximate surface area is 115 Å². The largest absolute Gasteiger partial charge is 0.355 e. The quantitative estimate of drug-likeness (QED) is 0.886. The zero-order chi connectivity index (χ0) is 14.1. The molecule has 106 valence electrons. The highest BCUT2D eigenvalue weighted by Crippen LogP contribution is 2.25. The van der Waals surface area contributed by atoms with Crippen molar-refractivity contribution in [3.63, 3.8) is 0 Å². The van der Waals surface area contributed by atoms with Crippen LogP contribution in [0.25, 0.3) is 11.3 Å². The van der Waals surface area contributed by atoms with Crippen LogP contribution in [0.4, 0.5) is 14.6 Å². The summed E-state index contributed by atoms with van der Waals surface area (Å²) in [5.41, 5.74) is 7.12. The fraction of sp³-hybridized carbons (Fsp3) is 0.357. The smallest absolute Gasteiger partial charge is 0.159 e. The lowest BCUT2D eigenvalue weighted by atomic mass is 10.1. The maximum atomic E-state index is 13.2. The molecule has 20 heavy (non-hydrogen) atoms. The Morgan fingerprint density at radius 3 is 2.60 bits per heavy atom. The van der Waals surface area contributed by atoms with Crippen molar-refractivity contribution in [1.29, 1.82) is 0 Å². The molecule has 6 heteroatoms. The van der Waals surface area contributed by atoms with Gasteiger partial charge in [0.2, 0.25) is 0 Å². The Kier molecular flexibility index (Phi) is 3.40. The highest BCUT2D eigenvalue weighted by molar-refractivity contribution is 5.63. The van der Waals surface area contributed by atoms with Crippen molar-refractivity contribution >= 4 is 5.82 Å². The first-order valence-electron chi connectivity index (χ1n) is 6.65. The van der Waals surface area contributed by atoms with Crippen LogP contribution in [0.1, 0.15) is 12.8 Å². The van der Waals surface area contributed by atoms with Crippen LogP contribution < -0.4 is 10.6 Å². The first kappa shape index (κ1) is 13.1. The van der Waals surface area contributed by atoms with Gasteiger partial charge in [-0.2, -0.15) is 5.10 Å². The molecule has 0 saturated carbocycles. The number of nitrogens with two attached hydrogens (primary N) is 1. The zero-order valence-corrected chi connectivity index (χ0v) is 10.9. The molecule has 0 bridgehead atoms. The summed E-state index contributed by atoms with van der Waals surface area (Å²) in [5.74, 6) is -0.891. The molecule has 0 amide bonds. The summed E-state index contributed by atoms with van der Waals surface area (Å²) in [5, 5.41) is 7.10. The van der Waals surface area contributed by atoms with E-state index >= 15 is 0 Å². The predicted molar refractivity (Wildman–Crippen MR) is 73.4 cm³/mol. The van der Waals surface area contributed by atoms with E-state index in [2.05, 4.69) is 15.1 Å². The third-order valence-electron chi connectivity index (χ3n) is 3.66. The molecule has 0 unspecified atom stereocenters. The van der Waals surface area contributed by atoms with Gasteiger partial charge in [-0.15, -0.1) is 0 Å². The van der Waals surface area contributed by atoms with Crippen molar-refractivity contribution in [2.45, 2.75) is 18.9 Å². The number of hydrogen-bond donors (Lipinski definition) is 2. The van der Waals surface area contributed by atoms with E-state index in [4.69, 9.17) is 5.73 Å². The first-order valence-corrected chi connectivity index (χ1v) is 6.65. The van der Waals surface area contributed by atoms with E-state index in [0.717, 1.165) is 37.8 Å². The summed E-state index contributed by atoms with van der Waals surface area (Å²) in [6.07, 6.45) is 1.88. The van der Waals surface area contributed by atoms with E-state index in [9.17, 15) is 8.78 Å². The minimum Gasteiger partial charge on any atom is -0.355 e. The lowest BCUT2D eigenvalue weighted by Crippen LogP contribution is -2.39. The second-order valence-electron chi connectivity index (χ2n) is 5.09. The van der Waals surface area contributed by atoms with E-state index in [1.165, 1.54) is 12.1 Å². The Balaban J connectivity index is 1.81. The molecule has 1 aliphatic heterocycles. The average molecular weight is 278 g/mol. The van der Waals surface area contributed by atoms with Gasteiger partial charge >= 0.3 is 0 Å². The molecule has 1 aromatic carbocycles. The predicted octanol–water partition coefficient (Wildman–Crippen LogP) is 2.28. The van der Waals surface area contributed by atoms with E-state index in [0.29, 0.717) is 11.3 Å². The summed E-state index contributed by atoms with van der Waals surface area (Å²) >= 11 is 0. The molecule has 4 nitrogen and oxygen atoms in total. The van der Waals surface area contributed by atoms with Gasteiger partial charge in [0.15, 0.2) is 17.5 Å². The maximum Gasteiger partial charge on any atom is 0.159 e. The molecular formula is C14H16F2N4. The fourth-order valence-electron chi connectivity index (χ4n) is 2.41. The van der Waals surface area contributed by atoms with Crippen LogP contribution >= 0.6 is 0 Å². The SMILES string of the molecule is NC1CCN(c2cc(-c3ccc(F)c(F)c3)[nH]n2)CC1. The van der Waals surface area contributed by atoms with Gasteiger partial charge in [-0.3, -0.25) is 5.10 Å². The molecule has 1 fully saturated rings. The summed E-state index contributed by atoms with van der Waals surface area (Å²) in [4.78, 5) is 2.14. The van der Waals surface area contributed by atoms with Crippen LogP contribution in [0, 0.1) is 11.6 Å². The third kappa shape index (κ3) is 2.51. The topological polar surface area (TPSA) is 57.9 Å². The molecule has 2 heterocycles. The van der Waals surface area contributed by atoms with Gasteiger partial charge < -0.3 is 10.6 Å². The Bertz CT molecular complexity index is 603. The van der Waals surface area contributed by atoms with Gasteiger partial charge in [0.1, 0.15) is 0 Å². The Hall–Kier alpha value is -1.95. The average Bonchev–Trinajstić information content (AvgIpc) is 2.92. The van der Waals surface area contributed by atoms with Gasteiger partial charge in [0.25, 0.3) is 0 Å². The Morgan fingerprint density at radius 1 is 1.15 bits per heavy atom. The lowest BCUT2D eigenvalue weighted by molar-refractivity contribution is 0.498. The molecule has 0 aliphatic carbocycles. The molecule has 0 radical (unpaired) electrons. The maximum absolute atomic E-state index is 13.2. The van der Waals surface area contributed by atoms with Crippen LogP contribution in [0.5, 0.6) is 0 Å². The fourth-order valence-corrected chi connectivity index (χ4v) is 2.41. The van der Waals surface area contributed by atoms with Crippen LogP contribution in [0.2, 0.25) is 0 Å². The number of nitrogens with one attached hydrogen (secondary N) is 1. The van der Waals surface area contributed by atoms with E-state index in [-0.39, 0.29) is 6.04 Å². The molecule has 0 spiro atoms. The summed E-state index contributed by atoms with van der Waals surface area (Å²) < 4.78 is 26.2. The molecule has 3 rings (SSSR count). The number of benzene rings is 1. The van der Waals surface area contributed by atoms with Gasteiger partial charge in [0, 0.05) is 30.8 Å². The number of halogens is 2.